The second kappa shape index (κ2) is 8.21. The average Bonchev–Trinajstić information content (AvgIpc) is 3.27. The molecule has 7 nitrogen and oxygen atoms in total. The van der Waals surface area contributed by atoms with Crippen molar-refractivity contribution in [3.05, 3.63) is 59.6 Å². The predicted molar refractivity (Wildman–Crippen MR) is 96.8 cm³/mol. The first-order valence-corrected chi connectivity index (χ1v) is 8.45. The van der Waals surface area contributed by atoms with Crippen LogP contribution in [0.1, 0.15) is 29.1 Å². The van der Waals surface area contributed by atoms with Crippen LogP contribution in [0.3, 0.4) is 0 Å². The molecule has 0 bridgehead atoms. The molecule has 134 valence electrons. The van der Waals surface area contributed by atoms with E-state index in [-0.39, 0.29) is 12.3 Å². The Balaban J connectivity index is 1.55. The third-order valence-corrected chi connectivity index (χ3v) is 3.90. The molecule has 0 aliphatic rings. The van der Waals surface area contributed by atoms with Crippen molar-refractivity contribution >= 4 is 5.88 Å². The van der Waals surface area contributed by atoms with Crippen molar-refractivity contribution in [3.8, 4) is 11.8 Å². The first kappa shape index (κ1) is 17.5. The van der Waals surface area contributed by atoms with Crippen LogP contribution in [0.4, 0.5) is 5.88 Å². The second-order valence-electron chi connectivity index (χ2n) is 6.04. The summed E-state index contributed by atoms with van der Waals surface area (Å²) in [4.78, 5) is 8.19. The molecule has 0 aliphatic heterocycles. The van der Waals surface area contributed by atoms with Gasteiger partial charge in [-0.15, -0.1) is 0 Å². The summed E-state index contributed by atoms with van der Waals surface area (Å²) in [7, 11) is 0. The molecule has 2 aromatic heterocycles. The maximum atomic E-state index is 9.23. The van der Waals surface area contributed by atoms with Gasteiger partial charge in [-0.1, -0.05) is 17.7 Å². The maximum absolute atomic E-state index is 9.23. The molecule has 26 heavy (non-hydrogen) atoms. The van der Waals surface area contributed by atoms with Gasteiger partial charge in [0.1, 0.15) is 11.8 Å². The summed E-state index contributed by atoms with van der Waals surface area (Å²) in [6.07, 6.45) is 6.31. The number of nitrogens with one attached hydrogen (secondary N) is 1. The van der Waals surface area contributed by atoms with Crippen molar-refractivity contribution in [2.45, 2.75) is 33.4 Å². The minimum absolute atomic E-state index is 0.176. The number of ether oxygens (including phenoxy) is 1. The largest absolute Gasteiger partial charge is 0.484 e. The van der Waals surface area contributed by atoms with Crippen molar-refractivity contribution in [2.75, 3.05) is 11.9 Å². The van der Waals surface area contributed by atoms with Crippen LogP contribution in [0.15, 0.2) is 41.3 Å². The summed E-state index contributed by atoms with van der Waals surface area (Å²) in [5.74, 6) is 1.54. The minimum Gasteiger partial charge on any atom is -0.484 e. The van der Waals surface area contributed by atoms with Crippen LogP contribution in [0.5, 0.6) is 5.75 Å². The van der Waals surface area contributed by atoms with Gasteiger partial charge in [0, 0.05) is 25.5 Å². The number of benzene rings is 1. The molecule has 0 saturated carbocycles. The number of aryl methyl sites for hydroxylation is 3. The molecule has 0 unspecified atom stereocenters. The molecular weight excluding hydrogens is 330 g/mol. The Kier molecular flexibility index (Phi) is 5.54. The molecule has 0 fully saturated rings. The van der Waals surface area contributed by atoms with E-state index in [2.05, 4.69) is 21.4 Å². The number of rotatable bonds is 8. The van der Waals surface area contributed by atoms with Gasteiger partial charge in [-0.25, -0.2) is 4.98 Å². The fourth-order valence-corrected chi connectivity index (χ4v) is 2.61. The van der Waals surface area contributed by atoms with E-state index in [9.17, 15) is 5.26 Å². The number of nitriles is 1. The van der Waals surface area contributed by atoms with E-state index in [0.717, 1.165) is 24.3 Å². The Morgan fingerprint density at radius 3 is 2.96 bits per heavy atom. The Morgan fingerprint density at radius 1 is 1.35 bits per heavy atom. The molecule has 0 amide bonds. The summed E-state index contributed by atoms with van der Waals surface area (Å²) in [5, 5.41) is 12.4. The van der Waals surface area contributed by atoms with Crippen LogP contribution in [-0.2, 0) is 13.2 Å². The van der Waals surface area contributed by atoms with E-state index in [1.54, 1.807) is 12.5 Å². The number of hydrogen-bond acceptors (Lipinski definition) is 6. The van der Waals surface area contributed by atoms with Gasteiger partial charge in [0.25, 0.3) is 0 Å². The van der Waals surface area contributed by atoms with E-state index in [0.29, 0.717) is 18.3 Å². The third-order valence-electron chi connectivity index (χ3n) is 3.90. The van der Waals surface area contributed by atoms with Crippen molar-refractivity contribution in [1.29, 1.82) is 5.26 Å². The summed E-state index contributed by atoms with van der Waals surface area (Å²) in [6, 6.07) is 8.02. The van der Waals surface area contributed by atoms with E-state index >= 15 is 0 Å². The SMILES string of the molecule is Cc1ccc(OCc2nc(C#N)c(NCCCn3ccnc3)o2)c(C)c1. The van der Waals surface area contributed by atoms with Gasteiger partial charge < -0.3 is 19.0 Å². The van der Waals surface area contributed by atoms with Gasteiger partial charge in [-0.2, -0.15) is 10.2 Å². The quantitative estimate of drug-likeness (QED) is 0.625. The number of anilines is 1. The molecule has 0 radical (unpaired) electrons. The van der Waals surface area contributed by atoms with Crippen LogP contribution >= 0.6 is 0 Å². The Labute approximate surface area is 152 Å². The first-order valence-electron chi connectivity index (χ1n) is 8.45. The molecule has 1 N–H and O–H groups in total. The topological polar surface area (TPSA) is 88.9 Å². The third kappa shape index (κ3) is 4.42. The van der Waals surface area contributed by atoms with Crippen LogP contribution in [0, 0.1) is 25.2 Å². The number of oxazole rings is 1. The Morgan fingerprint density at radius 2 is 2.23 bits per heavy atom. The van der Waals surface area contributed by atoms with Gasteiger partial charge in [0.05, 0.1) is 6.33 Å². The van der Waals surface area contributed by atoms with Crippen molar-refractivity contribution < 1.29 is 9.15 Å². The zero-order valence-electron chi connectivity index (χ0n) is 14.9. The second-order valence-corrected chi connectivity index (χ2v) is 6.04. The molecule has 0 aliphatic carbocycles. The monoisotopic (exact) mass is 351 g/mol. The van der Waals surface area contributed by atoms with Crippen LogP contribution < -0.4 is 10.1 Å². The summed E-state index contributed by atoms with van der Waals surface area (Å²) >= 11 is 0. The Hall–Kier alpha value is -3.27. The fourth-order valence-electron chi connectivity index (χ4n) is 2.61. The molecule has 3 aromatic rings. The summed E-state index contributed by atoms with van der Waals surface area (Å²) < 4.78 is 13.4. The number of aromatic nitrogens is 3. The maximum Gasteiger partial charge on any atom is 0.236 e. The Bertz CT molecular complexity index is 893. The minimum atomic E-state index is 0.176. The lowest BCUT2D eigenvalue weighted by Crippen LogP contribution is -2.06. The summed E-state index contributed by atoms with van der Waals surface area (Å²) in [6.45, 7) is 5.71. The molecule has 1 aromatic carbocycles. The van der Waals surface area contributed by atoms with E-state index in [1.807, 2.05) is 42.8 Å². The standard InChI is InChI=1S/C19H21N5O2/c1-14-4-5-17(15(2)10-14)25-12-18-23-16(11-20)19(26-18)22-6-3-8-24-9-7-21-13-24/h4-5,7,9-10,13,22H,3,6,8,12H2,1-2H3. The molecule has 2 heterocycles. The van der Waals surface area contributed by atoms with Crippen LogP contribution in [-0.4, -0.2) is 21.1 Å². The lowest BCUT2D eigenvalue weighted by Gasteiger charge is -2.07. The molecule has 0 atom stereocenters. The van der Waals surface area contributed by atoms with E-state index in [1.165, 1.54) is 5.56 Å². The van der Waals surface area contributed by atoms with E-state index in [4.69, 9.17) is 9.15 Å². The lowest BCUT2D eigenvalue weighted by atomic mass is 10.1. The molecule has 7 heteroatoms. The summed E-state index contributed by atoms with van der Waals surface area (Å²) in [5.41, 5.74) is 2.47. The van der Waals surface area contributed by atoms with Crippen molar-refractivity contribution in [3.63, 3.8) is 0 Å². The number of nitrogens with zero attached hydrogens (tertiary/aromatic N) is 4. The smallest absolute Gasteiger partial charge is 0.236 e. The highest BCUT2D eigenvalue weighted by atomic mass is 16.5. The van der Waals surface area contributed by atoms with E-state index < -0.39 is 0 Å². The molecule has 0 spiro atoms. The van der Waals surface area contributed by atoms with Crippen molar-refractivity contribution in [2.24, 2.45) is 0 Å². The fraction of sp³-hybridized carbons (Fsp3) is 0.316. The van der Waals surface area contributed by atoms with Crippen LogP contribution in [0.2, 0.25) is 0 Å². The highest BCUT2D eigenvalue weighted by Gasteiger charge is 2.13. The van der Waals surface area contributed by atoms with Crippen LogP contribution in [0.25, 0.3) is 0 Å². The molecular formula is C19H21N5O2. The predicted octanol–water partition coefficient (Wildman–Crippen LogP) is 3.44. The van der Waals surface area contributed by atoms with Gasteiger partial charge in [0.15, 0.2) is 6.61 Å². The number of hydrogen-bond donors (Lipinski definition) is 1. The zero-order chi connectivity index (χ0) is 18.4. The van der Waals surface area contributed by atoms with Gasteiger partial charge >= 0.3 is 0 Å². The molecule has 0 saturated heterocycles. The zero-order valence-corrected chi connectivity index (χ0v) is 14.9. The lowest BCUT2D eigenvalue weighted by molar-refractivity contribution is 0.263. The molecule has 3 rings (SSSR count). The average molecular weight is 351 g/mol. The highest BCUT2D eigenvalue weighted by molar-refractivity contribution is 5.45. The van der Waals surface area contributed by atoms with Crippen molar-refractivity contribution in [1.82, 2.24) is 14.5 Å². The van der Waals surface area contributed by atoms with Gasteiger partial charge in [-0.05, 0) is 31.9 Å². The van der Waals surface area contributed by atoms with Gasteiger partial charge in [0.2, 0.25) is 17.5 Å². The number of imidazole rings is 1. The normalized spacial score (nSPS) is 10.5. The first-order chi connectivity index (χ1) is 12.7. The highest BCUT2D eigenvalue weighted by Crippen LogP contribution is 2.22. The van der Waals surface area contributed by atoms with Gasteiger partial charge in [-0.3, -0.25) is 0 Å².